The maximum atomic E-state index is 6.45. The summed E-state index contributed by atoms with van der Waals surface area (Å²) in [4.78, 5) is 5.35. The van der Waals surface area contributed by atoms with Gasteiger partial charge in [0, 0.05) is 40.3 Å². The first-order chi connectivity index (χ1) is 26.8. The summed E-state index contributed by atoms with van der Waals surface area (Å²) in [6.45, 7) is 11.7. The Bertz CT molecular complexity index is 2780. The Morgan fingerprint density at radius 3 is 2.44 bits per heavy atom. The Morgan fingerprint density at radius 2 is 1.56 bits per heavy atom. The summed E-state index contributed by atoms with van der Waals surface area (Å²) in [5, 5.41) is 6.02. The van der Waals surface area contributed by atoms with Crippen LogP contribution in [0.15, 0.2) is 173 Å². The molecule has 4 nitrogen and oxygen atoms in total. The molecule has 4 heteroatoms. The van der Waals surface area contributed by atoms with E-state index in [9.17, 15) is 0 Å². The fourth-order valence-corrected chi connectivity index (χ4v) is 9.04. The average molecular weight is 715 g/mol. The van der Waals surface area contributed by atoms with Crippen molar-refractivity contribution in [3.05, 3.63) is 197 Å². The number of hydrogen-bond acceptors (Lipinski definition) is 4. The molecule has 2 aliphatic carbocycles. The summed E-state index contributed by atoms with van der Waals surface area (Å²) in [7, 11) is 0. The van der Waals surface area contributed by atoms with Crippen molar-refractivity contribution in [2.45, 2.75) is 51.4 Å². The first-order valence-electron chi connectivity index (χ1n) is 19.2. The topological polar surface area (TPSA) is 46.8 Å². The van der Waals surface area contributed by atoms with Gasteiger partial charge in [-0.15, -0.1) is 0 Å². The van der Waals surface area contributed by atoms with Gasteiger partial charge in [0.1, 0.15) is 29.2 Å². The van der Waals surface area contributed by atoms with E-state index in [-0.39, 0.29) is 17.7 Å². The molecule has 6 aromatic carbocycles. The number of allylic oxidation sites excluding steroid dienone is 3. The molecule has 2 unspecified atom stereocenters. The molecule has 1 aromatic heterocycles. The molecular formula is C51H42N2O2. The van der Waals surface area contributed by atoms with Crippen molar-refractivity contribution in [1.82, 2.24) is 5.32 Å². The van der Waals surface area contributed by atoms with Crippen LogP contribution in [0.1, 0.15) is 66.7 Å². The van der Waals surface area contributed by atoms with Crippen molar-refractivity contribution in [2.75, 3.05) is 0 Å². The zero-order valence-electron chi connectivity index (χ0n) is 31.4. The standard InChI is InChI=1S/C51H42N2O2/c1-31(2)49(33-14-6-5-7-15-33)53-50(36-21-23-38-37-17-8-10-19-43(37)55-46(38)29-36)52-30-32-13-12-16-34(27-32)35-22-25-42-41(28-35)39-24-26-45-47(48(39)51(42,3)4)40-18-9-11-20-44(40)54-45/h5-25,27-29,45,50,52H,1,26,30H2,2-4H3. The zero-order valence-corrected chi connectivity index (χ0v) is 31.4. The molecule has 0 amide bonds. The normalized spacial score (nSPS) is 17.3. The summed E-state index contributed by atoms with van der Waals surface area (Å²) in [6.07, 6.45) is 3.04. The largest absolute Gasteiger partial charge is 0.485 e. The van der Waals surface area contributed by atoms with Crippen molar-refractivity contribution >= 4 is 38.8 Å². The van der Waals surface area contributed by atoms with E-state index < -0.39 is 0 Å². The molecular weight excluding hydrogens is 673 g/mol. The predicted octanol–water partition coefficient (Wildman–Crippen LogP) is 12.4. The maximum Gasteiger partial charge on any atom is 0.135 e. The maximum absolute atomic E-state index is 6.45. The highest BCUT2D eigenvalue weighted by Gasteiger charge is 2.46. The molecule has 0 bridgehead atoms. The predicted molar refractivity (Wildman–Crippen MR) is 226 cm³/mol. The second kappa shape index (κ2) is 13.0. The minimum Gasteiger partial charge on any atom is -0.485 e. The number of furan rings is 1. The van der Waals surface area contributed by atoms with Crippen LogP contribution in [0, 0.1) is 0 Å². The molecule has 2 atom stereocenters. The van der Waals surface area contributed by atoms with E-state index in [0.29, 0.717) is 6.54 Å². The van der Waals surface area contributed by atoms with Crippen LogP contribution in [0.25, 0.3) is 44.2 Å². The highest BCUT2D eigenvalue weighted by molar-refractivity contribution is 6.12. The number of hydrogen-bond donors (Lipinski definition) is 1. The lowest BCUT2D eigenvalue weighted by Gasteiger charge is -2.28. The van der Waals surface area contributed by atoms with E-state index in [1.807, 2.05) is 37.3 Å². The van der Waals surface area contributed by atoms with Crippen LogP contribution in [0.3, 0.4) is 0 Å². The van der Waals surface area contributed by atoms with E-state index in [1.54, 1.807) is 0 Å². The lowest BCUT2D eigenvalue weighted by molar-refractivity contribution is 0.278. The molecule has 3 aliphatic rings. The van der Waals surface area contributed by atoms with Gasteiger partial charge in [-0.2, -0.15) is 0 Å². The Hall–Kier alpha value is -6.23. The lowest BCUT2D eigenvalue weighted by atomic mass is 9.75. The molecule has 0 spiro atoms. The molecule has 10 rings (SSSR count). The molecule has 268 valence electrons. The Balaban J connectivity index is 0.986. The number of nitrogens with one attached hydrogen (secondary N) is 1. The summed E-state index contributed by atoms with van der Waals surface area (Å²) in [5.41, 5.74) is 17.2. The fourth-order valence-electron chi connectivity index (χ4n) is 9.04. The molecule has 0 radical (unpaired) electrons. The van der Waals surface area contributed by atoms with Crippen LogP contribution in [-0.2, 0) is 12.0 Å². The number of rotatable bonds is 8. The molecule has 55 heavy (non-hydrogen) atoms. The van der Waals surface area contributed by atoms with E-state index in [4.69, 9.17) is 14.1 Å². The van der Waals surface area contributed by atoms with Gasteiger partial charge in [-0.05, 0) is 92.9 Å². The third-order valence-corrected chi connectivity index (χ3v) is 11.6. The van der Waals surface area contributed by atoms with Gasteiger partial charge in [-0.3, -0.25) is 10.3 Å². The number of ether oxygens (including phenoxy) is 1. The van der Waals surface area contributed by atoms with Gasteiger partial charge in [-0.25, -0.2) is 0 Å². The number of fused-ring (bicyclic) bond motifs is 9. The van der Waals surface area contributed by atoms with Crippen LogP contribution in [0.5, 0.6) is 5.75 Å². The zero-order chi connectivity index (χ0) is 37.3. The highest BCUT2D eigenvalue weighted by atomic mass is 16.5. The van der Waals surface area contributed by atoms with Gasteiger partial charge in [0.25, 0.3) is 0 Å². The Morgan fingerprint density at radius 1 is 0.782 bits per heavy atom. The van der Waals surface area contributed by atoms with Crippen LogP contribution in [-0.4, -0.2) is 11.8 Å². The van der Waals surface area contributed by atoms with Crippen molar-refractivity contribution in [2.24, 2.45) is 4.99 Å². The molecule has 0 saturated heterocycles. The van der Waals surface area contributed by atoms with E-state index in [2.05, 4.69) is 141 Å². The van der Waals surface area contributed by atoms with E-state index in [0.717, 1.165) is 56.5 Å². The SMILES string of the molecule is C=C(C)C(=NC(NCc1cccc(-c2ccc3c(c2)C2=CCC4Oc5ccccc5C4=C2C3(C)C)c1)c1ccc2c(c1)oc1ccccc12)c1ccccc1. The van der Waals surface area contributed by atoms with E-state index >= 15 is 0 Å². The number of aliphatic imine (C=N–C) groups is 1. The van der Waals surface area contributed by atoms with Gasteiger partial charge in [0.2, 0.25) is 0 Å². The van der Waals surface area contributed by atoms with E-state index in [1.165, 1.54) is 50.1 Å². The van der Waals surface area contributed by atoms with Crippen molar-refractivity contribution < 1.29 is 9.15 Å². The second-order valence-electron chi connectivity index (χ2n) is 15.6. The van der Waals surface area contributed by atoms with Crippen LogP contribution in [0.4, 0.5) is 0 Å². The summed E-state index contributed by atoms with van der Waals surface area (Å²) >= 11 is 0. The lowest BCUT2D eigenvalue weighted by Crippen LogP contribution is -2.23. The van der Waals surface area contributed by atoms with Crippen LogP contribution < -0.4 is 10.1 Å². The number of benzene rings is 6. The second-order valence-corrected chi connectivity index (χ2v) is 15.6. The summed E-state index contributed by atoms with van der Waals surface area (Å²) < 4.78 is 12.8. The Labute approximate surface area is 322 Å². The molecule has 7 aromatic rings. The van der Waals surface area contributed by atoms with Gasteiger partial charge >= 0.3 is 0 Å². The molecule has 2 heterocycles. The molecule has 0 fully saturated rings. The minimum atomic E-state index is -0.339. The van der Waals surface area contributed by atoms with Crippen molar-refractivity contribution in [3.63, 3.8) is 0 Å². The highest BCUT2D eigenvalue weighted by Crippen LogP contribution is 2.58. The third-order valence-electron chi connectivity index (χ3n) is 11.6. The number of nitrogens with zero attached hydrogens (tertiary/aromatic N) is 1. The fraction of sp³-hybridized carbons (Fsp3) is 0.157. The van der Waals surface area contributed by atoms with Crippen LogP contribution in [0.2, 0.25) is 0 Å². The number of para-hydroxylation sites is 2. The first-order valence-corrected chi connectivity index (χ1v) is 19.2. The van der Waals surface area contributed by atoms with Gasteiger partial charge in [-0.1, -0.05) is 136 Å². The molecule has 1 aliphatic heterocycles. The minimum absolute atomic E-state index is 0.0846. The molecule has 0 saturated carbocycles. The first kappa shape index (κ1) is 33.3. The van der Waals surface area contributed by atoms with Gasteiger partial charge < -0.3 is 9.15 Å². The molecule has 1 N–H and O–H groups in total. The monoisotopic (exact) mass is 714 g/mol. The third kappa shape index (κ3) is 5.59. The summed E-state index contributed by atoms with van der Waals surface area (Å²) in [6, 6.07) is 49.4. The Kier molecular flexibility index (Phi) is 7.86. The van der Waals surface area contributed by atoms with Crippen molar-refractivity contribution in [1.29, 1.82) is 0 Å². The average Bonchev–Trinajstić information content (AvgIpc) is 3.85. The van der Waals surface area contributed by atoms with Crippen molar-refractivity contribution in [3.8, 4) is 16.9 Å². The smallest absolute Gasteiger partial charge is 0.135 e. The van der Waals surface area contributed by atoms with Crippen LogP contribution >= 0.6 is 0 Å². The quantitative estimate of drug-likeness (QED) is 0.159. The van der Waals surface area contributed by atoms with Gasteiger partial charge in [0.05, 0.1) is 5.71 Å². The summed E-state index contributed by atoms with van der Waals surface area (Å²) in [5.74, 6) is 1.00. The van der Waals surface area contributed by atoms with Gasteiger partial charge in [0.15, 0.2) is 0 Å².